The van der Waals surface area contributed by atoms with Gasteiger partial charge in [0.2, 0.25) is 0 Å². The first kappa shape index (κ1) is 13.5. The number of benzene rings is 2. The number of aliphatic hydroxyl groups is 1. The average Bonchev–Trinajstić information content (AvgIpc) is 2.50. The molecule has 0 radical (unpaired) electrons. The van der Waals surface area contributed by atoms with Gasteiger partial charge in [0, 0.05) is 10.9 Å². The molecule has 1 aromatic heterocycles. The van der Waals surface area contributed by atoms with Gasteiger partial charge in [0.15, 0.2) is 0 Å². The summed E-state index contributed by atoms with van der Waals surface area (Å²) in [5.74, 6) is 0.123. The maximum Gasteiger partial charge on any atom is 0.146 e. The second-order valence-electron chi connectivity index (χ2n) is 4.91. The third kappa shape index (κ3) is 2.58. The number of aryl methyl sites for hydroxylation is 1. The minimum atomic E-state index is -0.354. The zero-order valence-corrected chi connectivity index (χ0v) is 11.6. The van der Waals surface area contributed by atoms with Gasteiger partial charge in [0.25, 0.3) is 0 Å². The maximum absolute atomic E-state index is 13.8. The second kappa shape index (κ2) is 5.50. The quantitative estimate of drug-likeness (QED) is 0.765. The van der Waals surface area contributed by atoms with Crippen molar-refractivity contribution in [3.05, 3.63) is 65.5 Å². The van der Waals surface area contributed by atoms with E-state index in [9.17, 15) is 9.50 Å². The number of para-hydroxylation sites is 2. The number of hydrogen-bond donors (Lipinski definition) is 2. The fourth-order valence-electron chi connectivity index (χ4n) is 2.31. The van der Waals surface area contributed by atoms with Crippen LogP contribution in [0, 0.1) is 12.7 Å². The minimum absolute atomic E-state index is 0.159. The molecule has 1 heterocycles. The lowest BCUT2D eigenvalue weighted by Gasteiger charge is -2.12. The van der Waals surface area contributed by atoms with Crippen LogP contribution in [0.15, 0.2) is 48.5 Å². The lowest BCUT2D eigenvalue weighted by Crippen LogP contribution is -2.02. The molecule has 0 saturated heterocycles. The van der Waals surface area contributed by atoms with Crippen molar-refractivity contribution in [1.29, 1.82) is 0 Å². The number of aromatic nitrogens is 1. The molecular weight excluding hydrogens is 267 g/mol. The predicted molar refractivity (Wildman–Crippen MR) is 82.1 cm³/mol. The molecule has 0 aliphatic carbocycles. The summed E-state index contributed by atoms with van der Waals surface area (Å²) in [7, 11) is 0. The number of pyridine rings is 1. The normalized spacial score (nSPS) is 10.8. The van der Waals surface area contributed by atoms with Gasteiger partial charge in [-0.1, -0.05) is 30.3 Å². The highest BCUT2D eigenvalue weighted by Crippen LogP contribution is 2.26. The fourth-order valence-corrected chi connectivity index (χ4v) is 2.31. The molecule has 0 saturated carbocycles. The van der Waals surface area contributed by atoms with Crippen molar-refractivity contribution in [3.63, 3.8) is 0 Å². The topological polar surface area (TPSA) is 45.1 Å². The summed E-state index contributed by atoms with van der Waals surface area (Å²) in [6, 6.07) is 14.1. The molecule has 2 N–H and O–H groups in total. The lowest BCUT2D eigenvalue weighted by molar-refractivity contribution is 0.282. The SMILES string of the molecule is Cc1cccc2cc(CO)c(Nc3ccccc3F)nc12. The smallest absolute Gasteiger partial charge is 0.146 e. The summed E-state index contributed by atoms with van der Waals surface area (Å²) in [5, 5.41) is 13.4. The van der Waals surface area contributed by atoms with E-state index in [1.54, 1.807) is 18.2 Å². The number of nitrogens with zero attached hydrogens (tertiary/aromatic N) is 1. The Bertz CT molecular complexity index is 802. The number of hydrogen-bond acceptors (Lipinski definition) is 3. The second-order valence-corrected chi connectivity index (χ2v) is 4.91. The Morgan fingerprint density at radius 3 is 2.71 bits per heavy atom. The Labute approximate surface area is 122 Å². The van der Waals surface area contributed by atoms with Crippen molar-refractivity contribution in [2.75, 3.05) is 5.32 Å². The van der Waals surface area contributed by atoms with Crippen molar-refractivity contribution < 1.29 is 9.50 Å². The van der Waals surface area contributed by atoms with Crippen molar-refractivity contribution in [3.8, 4) is 0 Å². The van der Waals surface area contributed by atoms with Crippen LogP contribution in [0.5, 0.6) is 0 Å². The zero-order valence-electron chi connectivity index (χ0n) is 11.6. The Morgan fingerprint density at radius 2 is 1.95 bits per heavy atom. The predicted octanol–water partition coefficient (Wildman–Crippen LogP) is 3.92. The summed E-state index contributed by atoms with van der Waals surface area (Å²) in [5.41, 5.74) is 2.85. The molecule has 0 amide bonds. The number of aliphatic hydroxyl groups excluding tert-OH is 1. The minimum Gasteiger partial charge on any atom is -0.392 e. The van der Waals surface area contributed by atoms with Gasteiger partial charge in [-0.15, -0.1) is 0 Å². The molecule has 106 valence electrons. The van der Waals surface area contributed by atoms with E-state index in [1.807, 2.05) is 31.2 Å². The lowest BCUT2D eigenvalue weighted by atomic mass is 10.1. The molecule has 0 bridgehead atoms. The van der Waals surface area contributed by atoms with Crippen LogP contribution in [-0.4, -0.2) is 10.1 Å². The van der Waals surface area contributed by atoms with E-state index in [-0.39, 0.29) is 12.4 Å². The van der Waals surface area contributed by atoms with E-state index >= 15 is 0 Å². The zero-order chi connectivity index (χ0) is 14.8. The number of anilines is 2. The van der Waals surface area contributed by atoms with Crippen molar-refractivity contribution in [1.82, 2.24) is 4.98 Å². The van der Waals surface area contributed by atoms with Crippen LogP contribution in [-0.2, 0) is 6.61 Å². The maximum atomic E-state index is 13.8. The van der Waals surface area contributed by atoms with Gasteiger partial charge in [-0.25, -0.2) is 9.37 Å². The Morgan fingerprint density at radius 1 is 1.14 bits per heavy atom. The Kier molecular flexibility index (Phi) is 3.54. The van der Waals surface area contributed by atoms with Gasteiger partial charge >= 0.3 is 0 Å². The van der Waals surface area contributed by atoms with Gasteiger partial charge in [0.1, 0.15) is 11.6 Å². The number of fused-ring (bicyclic) bond motifs is 1. The highest BCUT2D eigenvalue weighted by molar-refractivity contribution is 5.85. The largest absolute Gasteiger partial charge is 0.392 e. The first-order chi connectivity index (χ1) is 10.2. The summed E-state index contributed by atoms with van der Waals surface area (Å²) in [4.78, 5) is 4.54. The molecule has 0 atom stereocenters. The van der Waals surface area contributed by atoms with Gasteiger partial charge in [-0.2, -0.15) is 0 Å². The molecule has 3 rings (SSSR count). The first-order valence-electron chi connectivity index (χ1n) is 6.70. The molecule has 4 heteroatoms. The number of rotatable bonds is 3. The molecule has 0 fully saturated rings. The molecule has 0 unspecified atom stereocenters. The average molecular weight is 282 g/mol. The van der Waals surface area contributed by atoms with E-state index in [0.29, 0.717) is 17.1 Å². The highest BCUT2D eigenvalue weighted by atomic mass is 19.1. The molecule has 0 aliphatic rings. The monoisotopic (exact) mass is 282 g/mol. The summed E-state index contributed by atoms with van der Waals surface area (Å²) >= 11 is 0. The van der Waals surface area contributed by atoms with E-state index in [2.05, 4.69) is 10.3 Å². The molecule has 0 spiro atoms. The Balaban J connectivity index is 2.13. The standard InChI is InChI=1S/C17H15FN2O/c1-11-5-4-6-12-9-13(10-21)17(20-16(11)12)19-15-8-3-2-7-14(15)18/h2-9,21H,10H2,1H3,(H,19,20). The molecule has 2 aromatic carbocycles. The van der Waals surface area contributed by atoms with Crippen LogP contribution in [0.1, 0.15) is 11.1 Å². The van der Waals surface area contributed by atoms with E-state index < -0.39 is 0 Å². The first-order valence-corrected chi connectivity index (χ1v) is 6.70. The van der Waals surface area contributed by atoms with E-state index in [1.165, 1.54) is 6.07 Å². The van der Waals surface area contributed by atoms with Gasteiger partial charge in [-0.05, 0) is 30.7 Å². The molecular formula is C17H15FN2O. The summed E-state index contributed by atoms with van der Waals surface area (Å²) in [6.45, 7) is 1.81. The van der Waals surface area contributed by atoms with Crippen LogP contribution in [0.25, 0.3) is 10.9 Å². The fraction of sp³-hybridized carbons (Fsp3) is 0.118. The van der Waals surface area contributed by atoms with Crippen molar-refractivity contribution >= 4 is 22.4 Å². The summed E-state index contributed by atoms with van der Waals surface area (Å²) in [6.07, 6.45) is 0. The van der Waals surface area contributed by atoms with Crippen molar-refractivity contribution in [2.24, 2.45) is 0 Å². The summed E-state index contributed by atoms with van der Waals surface area (Å²) < 4.78 is 13.8. The molecule has 0 aliphatic heterocycles. The van der Waals surface area contributed by atoms with Crippen LogP contribution in [0.2, 0.25) is 0 Å². The Hall–Kier alpha value is -2.46. The van der Waals surface area contributed by atoms with E-state index in [0.717, 1.165) is 16.5 Å². The van der Waals surface area contributed by atoms with Crippen LogP contribution in [0.4, 0.5) is 15.9 Å². The number of nitrogens with one attached hydrogen (secondary N) is 1. The number of halogens is 1. The van der Waals surface area contributed by atoms with E-state index in [4.69, 9.17) is 0 Å². The van der Waals surface area contributed by atoms with Gasteiger partial charge in [0.05, 0.1) is 17.8 Å². The van der Waals surface area contributed by atoms with Gasteiger partial charge < -0.3 is 10.4 Å². The molecule has 21 heavy (non-hydrogen) atoms. The third-order valence-corrected chi connectivity index (χ3v) is 3.42. The van der Waals surface area contributed by atoms with Crippen LogP contribution in [0.3, 0.4) is 0 Å². The van der Waals surface area contributed by atoms with Crippen LogP contribution >= 0.6 is 0 Å². The molecule has 3 aromatic rings. The van der Waals surface area contributed by atoms with Gasteiger partial charge in [-0.3, -0.25) is 0 Å². The third-order valence-electron chi connectivity index (χ3n) is 3.42. The highest BCUT2D eigenvalue weighted by Gasteiger charge is 2.10. The molecule has 3 nitrogen and oxygen atoms in total. The van der Waals surface area contributed by atoms with Crippen LogP contribution < -0.4 is 5.32 Å². The van der Waals surface area contributed by atoms with Crippen molar-refractivity contribution in [2.45, 2.75) is 13.5 Å².